The molecule has 0 unspecified atom stereocenters. The molecule has 2 heteroatoms. The predicted molar refractivity (Wildman–Crippen MR) is 34.8 cm³/mol. The van der Waals surface area contributed by atoms with Crippen LogP contribution in [0.5, 0.6) is 0 Å². The van der Waals surface area contributed by atoms with Crippen molar-refractivity contribution in [3.05, 3.63) is 0 Å². The van der Waals surface area contributed by atoms with Gasteiger partial charge < -0.3 is 0 Å². The fourth-order valence-corrected chi connectivity index (χ4v) is 3.51. The van der Waals surface area contributed by atoms with E-state index in [1.165, 1.54) is 16.2 Å². The van der Waals surface area contributed by atoms with Crippen LogP contribution in [0.3, 0.4) is 0 Å². The molecule has 0 heterocycles. The molecule has 0 nitrogen and oxygen atoms in total. The molecule has 0 aromatic carbocycles. The molecule has 0 aliphatic heterocycles. The van der Waals surface area contributed by atoms with Gasteiger partial charge >= 0.3 is 58.2 Å². The van der Waals surface area contributed by atoms with Gasteiger partial charge in [-0.3, -0.25) is 0 Å². The summed E-state index contributed by atoms with van der Waals surface area (Å²) in [6.07, 6.45) is 1.41. The van der Waals surface area contributed by atoms with Gasteiger partial charge in [0.15, 0.2) is 0 Å². The fourth-order valence-electron chi connectivity index (χ4n) is 0.244. The molecule has 0 saturated heterocycles. The first-order chi connectivity index (χ1) is 2.91. The van der Waals surface area contributed by atoms with Crippen LogP contribution in [-0.4, -0.2) is 26.5 Å². The zero-order valence-corrected chi connectivity index (χ0v) is 8.44. The van der Waals surface area contributed by atoms with E-state index in [0.29, 0.717) is 0 Å². The van der Waals surface area contributed by atoms with Crippen molar-refractivity contribution in [3.8, 4) is 0 Å². The van der Waals surface area contributed by atoms with Gasteiger partial charge in [-0.15, -0.1) is 0 Å². The van der Waals surface area contributed by atoms with Crippen molar-refractivity contribution in [2.24, 2.45) is 0 Å². The summed E-state index contributed by atoms with van der Waals surface area (Å²) in [5, 5.41) is 1.21. The molecule has 0 aliphatic carbocycles. The van der Waals surface area contributed by atoms with E-state index < -0.39 is 0 Å². The molecule has 0 aromatic heterocycles. The Balaban J connectivity index is 2.34. The zero-order chi connectivity index (χ0) is 4.83. The SMILES string of the molecule is [CH3][Sn][CH2]CCBr. The molecule has 0 aliphatic rings. The Labute approximate surface area is 58.0 Å². The molecule has 0 N–H and O–H groups in total. The Morgan fingerprint density at radius 1 is 1.67 bits per heavy atom. The Hall–Kier alpha value is 1.28. The van der Waals surface area contributed by atoms with E-state index in [1.807, 2.05) is 0 Å². The van der Waals surface area contributed by atoms with Crippen LogP contribution in [0.4, 0.5) is 0 Å². The van der Waals surface area contributed by atoms with Crippen LogP contribution in [-0.2, 0) is 0 Å². The average molecular weight is 256 g/mol. The van der Waals surface area contributed by atoms with Crippen molar-refractivity contribution < 1.29 is 0 Å². The van der Waals surface area contributed by atoms with Gasteiger partial charge in [-0.25, -0.2) is 0 Å². The van der Waals surface area contributed by atoms with Crippen LogP contribution < -0.4 is 0 Å². The number of halogens is 1. The molecule has 36 valence electrons. The van der Waals surface area contributed by atoms with Crippen molar-refractivity contribution >= 4 is 37.1 Å². The monoisotopic (exact) mass is 256 g/mol. The van der Waals surface area contributed by atoms with E-state index in [0.717, 1.165) is 0 Å². The molecule has 0 amide bonds. The Morgan fingerprint density at radius 3 is 2.50 bits per heavy atom. The second-order valence-corrected chi connectivity index (χ2v) is 5.38. The third-order valence-corrected chi connectivity index (χ3v) is 3.56. The topological polar surface area (TPSA) is 0 Å². The van der Waals surface area contributed by atoms with Gasteiger partial charge in [-0.2, -0.15) is 0 Å². The summed E-state index contributed by atoms with van der Waals surface area (Å²) in [6, 6.07) is 0. The number of hydrogen-bond acceptors (Lipinski definition) is 0. The van der Waals surface area contributed by atoms with E-state index in [2.05, 4.69) is 20.9 Å². The van der Waals surface area contributed by atoms with Crippen LogP contribution in [0.25, 0.3) is 0 Å². The van der Waals surface area contributed by atoms with Gasteiger partial charge in [-0.1, -0.05) is 0 Å². The van der Waals surface area contributed by atoms with Crippen molar-refractivity contribution in [2.45, 2.75) is 15.8 Å². The quantitative estimate of drug-likeness (QED) is 0.411. The van der Waals surface area contributed by atoms with Crippen LogP contribution in [0, 0.1) is 0 Å². The first kappa shape index (κ1) is 7.28. The minimum atomic E-state index is 0.160. The number of rotatable bonds is 3. The molecule has 0 fully saturated rings. The Morgan fingerprint density at radius 2 is 2.33 bits per heavy atom. The summed E-state index contributed by atoms with van der Waals surface area (Å²) >= 11 is 3.54. The van der Waals surface area contributed by atoms with Crippen LogP contribution in [0.15, 0.2) is 0 Å². The van der Waals surface area contributed by atoms with Gasteiger partial charge in [0.1, 0.15) is 0 Å². The molecular weight excluding hydrogens is 247 g/mol. The first-order valence-electron chi connectivity index (χ1n) is 2.12. The molecule has 0 rings (SSSR count). The average Bonchev–Trinajstić information content (AvgIpc) is 1.61. The minimum absolute atomic E-state index is 0.160. The van der Waals surface area contributed by atoms with E-state index >= 15 is 0 Å². The van der Waals surface area contributed by atoms with Gasteiger partial charge in [0, 0.05) is 0 Å². The van der Waals surface area contributed by atoms with Crippen molar-refractivity contribution in [2.75, 3.05) is 5.33 Å². The number of alkyl halides is 1. The normalized spacial score (nSPS) is 9.00. The maximum absolute atomic E-state index is 3.38. The first-order valence-corrected chi connectivity index (χ1v) is 8.11. The molecule has 0 bridgehead atoms. The second-order valence-electron chi connectivity index (χ2n) is 1.15. The second kappa shape index (κ2) is 6.28. The van der Waals surface area contributed by atoms with Crippen LogP contribution in [0.1, 0.15) is 6.42 Å². The molecule has 0 atom stereocenters. The molecular formula is C4H9BrSn. The van der Waals surface area contributed by atoms with Crippen molar-refractivity contribution in [1.82, 2.24) is 0 Å². The summed E-state index contributed by atoms with van der Waals surface area (Å²) < 4.78 is 1.54. The van der Waals surface area contributed by atoms with E-state index in [1.54, 1.807) is 0 Å². The molecule has 0 spiro atoms. The summed E-state index contributed by atoms with van der Waals surface area (Å²) in [5.41, 5.74) is 0. The summed E-state index contributed by atoms with van der Waals surface area (Å²) in [6.45, 7) is 0. The molecule has 2 radical (unpaired) electrons. The van der Waals surface area contributed by atoms with Gasteiger partial charge in [0.2, 0.25) is 0 Å². The Kier molecular flexibility index (Phi) is 7.62. The zero-order valence-electron chi connectivity index (χ0n) is 4.00. The maximum atomic E-state index is 3.38. The standard InChI is InChI=1S/C3H6Br.CH3.Sn/c1-2-3-4;;/h1-3H2;1H3;. The molecule has 0 aromatic rings. The third kappa shape index (κ3) is 5.28. The van der Waals surface area contributed by atoms with Crippen LogP contribution in [0.2, 0.25) is 9.38 Å². The number of hydrogen-bond donors (Lipinski definition) is 0. The van der Waals surface area contributed by atoms with Crippen molar-refractivity contribution in [3.63, 3.8) is 0 Å². The van der Waals surface area contributed by atoms with Gasteiger partial charge in [0.25, 0.3) is 0 Å². The summed E-state index contributed by atoms with van der Waals surface area (Å²) in [4.78, 5) is 2.38. The summed E-state index contributed by atoms with van der Waals surface area (Å²) in [7, 11) is 0. The van der Waals surface area contributed by atoms with Crippen LogP contribution >= 0.6 is 15.9 Å². The summed E-state index contributed by atoms with van der Waals surface area (Å²) in [5.74, 6) is 0. The van der Waals surface area contributed by atoms with Crippen molar-refractivity contribution in [1.29, 1.82) is 0 Å². The molecule has 0 saturated carbocycles. The third-order valence-electron chi connectivity index (χ3n) is 0.560. The Bertz CT molecular complexity index is 19.5. The van der Waals surface area contributed by atoms with E-state index in [9.17, 15) is 0 Å². The van der Waals surface area contributed by atoms with E-state index in [-0.39, 0.29) is 21.1 Å². The predicted octanol–water partition coefficient (Wildman–Crippen LogP) is 1.94. The van der Waals surface area contributed by atoms with Gasteiger partial charge in [0.05, 0.1) is 0 Å². The fraction of sp³-hybridized carbons (Fsp3) is 1.00. The van der Waals surface area contributed by atoms with Gasteiger partial charge in [-0.05, 0) is 0 Å². The van der Waals surface area contributed by atoms with E-state index in [4.69, 9.17) is 0 Å². The molecule has 6 heavy (non-hydrogen) atoms.